The van der Waals surface area contributed by atoms with Gasteiger partial charge in [0.2, 0.25) is 0 Å². The SMILES string of the molecule is C#CC(Cl)Sc1ccccc1. The van der Waals surface area contributed by atoms with Crippen LogP contribution in [0.5, 0.6) is 0 Å². The minimum Gasteiger partial charge on any atom is -0.118 e. The smallest absolute Gasteiger partial charge is 0.118 e. The first-order valence-corrected chi connectivity index (χ1v) is 4.46. The second kappa shape index (κ2) is 4.33. The van der Waals surface area contributed by atoms with Gasteiger partial charge in [-0.15, -0.1) is 6.42 Å². The van der Waals surface area contributed by atoms with Crippen molar-refractivity contribution in [1.82, 2.24) is 0 Å². The molecular weight excluding hydrogens is 176 g/mol. The lowest BCUT2D eigenvalue weighted by Crippen LogP contribution is -1.83. The first-order valence-electron chi connectivity index (χ1n) is 3.15. The normalized spacial score (nSPS) is 12.0. The summed E-state index contributed by atoms with van der Waals surface area (Å²) in [5, 5.41) is 0. The number of rotatable bonds is 2. The molecule has 11 heavy (non-hydrogen) atoms. The maximum Gasteiger partial charge on any atom is 0.144 e. The van der Waals surface area contributed by atoms with Crippen molar-refractivity contribution in [2.75, 3.05) is 0 Å². The molecule has 0 aliphatic heterocycles. The Hall–Kier alpha value is -0.580. The molecule has 2 heteroatoms. The lowest BCUT2D eigenvalue weighted by molar-refractivity contribution is 1.46. The van der Waals surface area contributed by atoms with Crippen molar-refractivity contribution in [1.29, 1.82) is 0 Å². The molecule has 0 nitrogen and oxygen atoms in total. The van der Waals surface area contributed by atoms with Crippen molar-refractivity contribution < 1.29 is 0 Å². The summed E-state index contributed by atoms with van der Waals surface area (Å²) < 4.78 is -0.266. The fourth-order valence-corrected chi connectivity index (χ4v) is 1.58. The van der Waals surface area contributed by atoms with Gasteiger partial charge in [-0.2, -0.15) is 0 Å². The van der Waals surface area contributed by atoms with E-state index in [-0.39, 0.29) is 4.71 Å². The van der Waals surface area contributed by atoms with E-state index >= 15 is 0 Å². The van der Waals surface area contributed by atoms with E-state index in [1.54, 1.807) is 0 Å². The fourth-order valence-electron chi connectivity index (χ4n) is 0.653. The van der Waals surface area contributed by atoms with E-state index in [0.29, 0.717) is 0 Å². The van der Waals surface area contributed by atoms with E-state index in [0.717, 1.165) is 4.90 Å². The second-order valence-electron chi connectivity index (χ2n) is 1.91. The third-order valence-electron chi connectivity index (χ3n) is 1.11. The predicted octanol–water partition coefficient (Wildman–Crippen LogP) is 2.98. The molecule has 1 rings (SSSR count). The number of benzene rings is 1. The molecule has 0 radical (unpaired) electrons. The number of hydrogen-bond donors (Lipinski definition) is 0. The Kier molecular flexibility index (Phi) is 3.35. The molecule has 0 aromatic heterocycles. The third-order valence-corrected chi connectivity index (χ3v) is 2.39. The molecule has 0 N–H and O–H groups in total. The first-order chi connectivity index (χ1) is 5.33. The van der Waals surface area contributed by atoms with Gasteiger partial charge < -0.3 is 0 Å². The lowest BCUT2D eigenvalue weighted by Gasteiger charge is -2.00. The molecule has 0 aliphatic carbocycles. The third kappa shape index (κ3) is 2.88. The summed E-state index contributed by atoms with van der Waals surface area (Å²) >= 11 is 7.20. The second-order valence-corrected chi connectivity index (χ2v) is 3.79. The van der Waals surface area contributed by atoms with Gasteiger partial charge >= 0.3 is 0 Å². The molecule has 0 heterocycles. The molecule has 0 fully saturated rings. The van der Waals surface area contributed by atoms with Crippen LogP contribution in [-0.4, -0.2) is 4.71 Å². The van der Waals surface area contributed by atoms with Crippen molar-refractivity contribution in [3.8, 4) is 12.3 Å². The Morgan fingerprint density at radius 2 is 2.00 bits per heavy atom. The van der Waals surface area contributed by atoms with Gasteiger partial charge in [0.1, 0.15) is 4.71 Å². The molecule has 0 saturated carbocycles. The maximum atomic E-state index is 5.73. The van der Waals surface area contributed by atoms with Crippen molar-refractivity contribution in [2.24, 2.45) is 0 Å². The number of hydrogen-bond acceptors (Lipinski definition) is 1. The highest BCUT2D eigenvalue weighted by molar-refractivity contribution is 8.01. The monoisotopic (exact) mass is 182 g/mol. The molecule has 56 valence electrons. The minimum atomic E-state index is -0.266. The molecular formula is C9H7ClS. The zero-order valence-electron chi connectivity index (χ0n) is 5.83. The average molecular weight is 183 g/mol. The standard InChI is InChI=1S/C9H7ClS/c1-2-9(10)11-8-6-4-3-5-7-8/h1,3-7,9H. The molecule has 0 spiro atoms. The van der Waals surface area contributed by atoms with E-state index in [2.05, 4.69) is 5.92 Å². The molecule has 0 aliphatic rings. The van der Waals surface area contributed by atoms with E-state index < -0.39 is 0 Å². The largest absolute Gasteiger partial charge is 0.144 e. The van der Waals surface area contributed by atoms with Crippen LogP contribution in [0.2, 0.25) is 0 Å². The molecule has 1 aromatic carbocycles. The highest BCUT2D eigenvalue weighted by Crippen LogP contribution is 2.24. The van der Waals surface area contributed by atoms with Gasteiger partial charge in [-0.1, -0.05) is 47.5 Å². The molecule has 1 aromatic rings. The van der Waals surface area contributed by atoms with E-state index in [1.807, 2.05) is 30.3 Å². The summed E-state index contributed by atoms with van der Waals surface area (Å²) in [5.41, 5.74) is 0. The topological polar surface area (TPSA) is 0 Å². The van der Waals surface area contributed by atoms with Gasteiger partial charge in [-0.25, -0.2) is 0 Å². The Morgan fingerprint density at radius 1 is 1.36 bits per heavy atom. The average Bonchev–Trinajstić information content (AvgIpc) is 2.06. The van der Waals surface area contributed by atoms with Gasteiger partial charge in [-0.05, 0) is 12.1 Å². The van der Waals surface area contributed by atoms with Crippen LogP contribution in [-0.2, 0) is 0 Å². The summed E-state index contributed by atoms with van der Waals surface area (Å²) in [7, 11) is 0. The quantitative estimate of drug-likeness (QED) is 0.385. The van der Waals surface area contributed by atoms with Crippen LogP contribution in [0, 0.1) is 12.3 Å². The van der Waals surface area contributed by atoms with Crippen LogP contribution in [0.4, 0.5) is 0 Å². The highest BCUT2D eigenvalue weighted by atomic mass is 35.5. The van der Waals surface area contributed by atoms with Crippen molar-refractivity contribution in [2.45, 2.75) is 9.60 Å². The highest BCUT2D eigenvalue weighted by Gasteiger charge is 1.99. The van der Waals surface area contributed by atoms with Gasteiger partial charge in [0, 0.05) is 4.90 Å². The van der Waals surface area contributed by atoms with Crippen LogP contribution in [0.25, 0.3) is 0 Å². The van der Waals surface area contributed by atoms with Crippen molar-refractivity contribution in [3.05, 3.63) is 30.3 Å². The van der Waals surface area contributed by atoms with Gasteiger partial charge in [-0.3, -0.25) is 0 Å². The number of alkyl halides is 1. The van der Waals surface area contributed by atoms with Gasteiger partial charge in [0.25, 0.3) is 0 Å². The molecule has 1 atom stereocenters. The number of terminal acetylenes is 1. The molecule has 0 saturated heterocycles. The predicted molar refractivity (Wildman–Crippen MR) is 50.8 cm³/mol. The Labute approximate surface area is 76.0 Å². The minimum absolute atomic E-state index is 0.266. The zero-order chi connectivity index (χ0) is 8.10. The number of halogens is 1. The Bertz CT molecular complexity index is 250. The van der Waals surface area contributed by atoms with Crippen LogP contribution < -0.4 is 0 Å². The fraction of sp³-hybridized carbons (Fsp3) is 0.111. The van der Waals surface area contributed by atoms with Crippen molar-refractivity contribution >= 4 is 23.4 Å². The number of thioether (sulfide) groups is 1. The zero-order valence-corrected chi connectivity index (χ0v) is 7.40. The summed E-state index contributed by atoms with van der Waals surface area (Å²) in [5.74, 6) is 2.44. The van der Waals surface area contributed by atoms with Crippen molar-refractivity contribution in [3.63, 3.8) is 0 Å². The maximum absolute atomic E-state index is 5.73. The summed E-state index contributed by atoms with van der Waals surface area (Å²) in [4.78, 5) is 1.10. The van der Waals surface area contributed by atoms with E-state index in [4.69, 9.17) is 18.0 Å². The molecule has 0 amide bonds. The van der Waals surface area contributed by atoms with E-state index in [1.165, 1.54) is 11.8 Å². The van der Waals surface area contributed by atoms with E-state index in [9.17, 15) is 0 Å². The summed E-state index contributed by atoms with van der Waals surface area (Å²) in [6.45, 7) is 0. The Balaban J connectivity index is 2.60. The van der Waals surface area contributed by atoms with Gasteiger partial charge in [0.15, 0.2) is 0 Å². The molecule has 0 bridgehead atoms. The Morgan fingerprint density at radius 3 is 2.55 bits per heavy atom. The molecule has 1 unspecified atom stereocenters. The van der Waals surface area contributed by atoms with Crippen LogP contribution in [0.1, 0.15) is 0 Å². The lowest BCUT2D eigenvalue weighted by atomic mass is 10.4. The summed E-state index contributed by atoms with van der Waals surface area (Å²) in [6, 6.07) is 9.85. The van der Waals surface area contributed by atoms with Crippen LogP contribution >= 0.6 is 23.4 Å². The van der Waals surface area contributed by atoms with Gasteiger partial charge in [0.05, 0.1) is 0 Å². The summed E-state index contributed by atoms with van der Waals surface area (Å²) in [6.07, 6.45) is 5.12. The first kappa shape index (κ1) is 8.52. The van der Waals surface area contributed by atoms with Crippen LogP contribution in [0.15, 0.2) is 35.2 Å². The van der Waals surface area contributed by atoms with Crippen LogP contribution in [0.3, 0.4) is 0 Å².